The van der Waals surface area contributed by atoms with Gasteiger partial charge in [0.1, 0.15) is 36.8 Å². The Morgan fingerprint density at radius 3 is 1.41 bits per heavy atom. The number of carbonyl (C=O) groups is 2. The van der Waals surface area contributed by atoms with Gasteiger partial charge >= 0.3 is 11.9 Å². The van der Waals surface area contributed by atoms with Crippen molar-refractivity contribution in [2.45, 2.75) is 218 Å². The van der Waals surface area contributed by atoms with Crippen molar-refractivity contribution in [3.8, 4) is 0 Å². The van der Waals surface area contributed by atoms with Gasteiger partial charge in [0.25, 0.3) is 10.1 Å². The molecule has 378 valence electrons. The van der Waals surface area contributed by atoms with Crippen LogP contribution >= 0.6 is 0 Å². The van der Waals surface area contributed by atoms with Crippen molar-refractivity contribution in [2.24, 2.45) is 0 Å². The Balaban J connectivity index is 2.46. The van der Waals surface area contributed by atoms with E-state index >= 15 is 0 Å². The molecule has 0 radical (unpaired) electrons. The first-order valence-corrected chi connectivity index (χ1v) is 26.8. The minimum atomic E-state index is -4.62. The highest BCUT2D eigenvalue weighted by molar-refractivity contribution is 7.85. The van der Waals surface area contributed by atoms with E-state index in [-0.39, 0.29) is 19.4 Å². The number of hydrogen-bond donors (Lipinski definition) is 4. The van der Waals surface area contributed by atoms with Crippen molar-refractivity contribution >= 4 is 22.1 Å². The fraction of sp³-hybridized carbons (Fsp3) is 0.698. The fourth-order valence-corrected chi connectivity index (χ4v) is 7.73. The molecule has 1 heterocycles. The summed E-state index contributed by atoms with van der Waals surface area (Å²) in [6.45, 7) is 3.65. The Morgan fingerprint density at radius 2 is 0.939 bits per heavy atom. The van der Waals surface area contributed by atoms with Gasteiger partial charge in [0.2, 0.25) is 0 Å². The maximum absolute atomic E-state index is 12.8. The number of ether oxygens (including phenoxy) is 4. The summed E-state index contributed by atoms with van der Waals surface area (Å²) in [7, 11) is -4.62. The summed E-state index contributed by atoms with van der Waals surface area (Å²) in [4.78, 5) is 25.5. The van der Waals surface area contributed by atoms with Crippen LogP contribution in [0.1, 0.15) is 181 Å². The smallest absolute Gasteiger partial charge is 0.306 e. The number of carbonyl (C=O) groups excluding carboxylic acids is 2. The second-order valence-electron chi connectivity index (χ2n) is 17.1. The van der Waals surface area contributed by atoms with E-state index in [1.165, 1.54) is 77.0 Å². The van der Waals surface area contributed by atoms with Gasteiger partial charge in [-0.25, -0.2) is 0 Å². The molecule has 6 atom stereocenters. The Kier molecular flexibility index (Phi) is 38.7. The summed E-state index contributed by atoms with van der Waals surface area (Å²) in [5.41, 5.74) is 0. The lowest BCUT2D eigenvalue weighted by atomic mass is 10.00. The quantitative estimate of drug-likeness (QED) is 0.0197. The molecular weight excluding hydrogens is 861 g/mol. The SMILES string of the molecule is CCCCC/C=C/C/C=C/C/C=C/C/C=C/C/C=C/CCC(=O)O[C@H](COC(=O)CCCCCCCCCCC/C=C/C/C=C/CCCCC)CO[C@H]1O[C@H](CS(=O)(=O)O)[C@@H](O)C(O)C1O. The van der Waals surface area contributed by atoms with Crippen molar-refractivity contribution in [1.82, 2.24) is 0 Å². The molecule has 0 bridgehead atoms. The molecule has 12 nitrogen and oxygen atoms in total. The molecule has 1 aliphatic rings. The third kappa shape index (κ3) is 35.9. The van der Waals surface area contributed by atoms with Crippen LogP contribution in [0.25, 0.3) is 0 Å². The standard InChI is InChI=1S/C53H88O12S/c1-3-5-7-9-11-13-15-17-19-21-23-25-27-29-31-33-35-37-39-41-48(54)62-43-46(44-63-53-52(58)51(57)50(56)47(65-53)45-66(59,60)61)64-49(55)42-40-38-36-34-32-30-28-26-24-22-20-18-16-14-12-10-8-6-4-2/h11-14,17-20,24,26,30,32,36,38,46-47,50-53,56-58H,3-10,15-16,21-23,25,27-29,31,33-35,37,39-45H2,1-2H3,(H,59,60,61)/b13-11+,14-12+,19-17+,20-18+,26-24+,32-30+,38-36+/t46-,47-,50-,51?,52?,53+/m1/s1. The van der Waals surface area contributed by atoms with E-state index in [2.05, 4.69) is 86.8 Å². The lowest BCUT2D eigenvalue weighted by Gasteiger charge is -2.40. The van der Waals surface area contributed by atoms with Crippen LogP contribution in [0.2, 0.25) is 0 Å². The van der Waals surface area contributed by atoms with Gasteiger partial charge in [0, 0.05) is 12.8 Å². The van der Waals surface area contributed by atoms with Crippen molar-refractivity contribution in [2.75, 3.05) is 19.0 Å². The highest BCUT2D eigenvalue weighted by Crippen LogP contribution is 2.24. The number of hydrogen-bond acceptors (Lipinski definition) is 11. The Hall–Kier alpha value is -3.17. The summed E-state index contributed by atoms with van der Waals surface area (Å²) < 4.78 is 54.1. The van der Waals surface area contributed by atoms with Crippen LogP contribution in [-0.4, -0.2) is 96.0 Å². The molecule has 4 N–H and O–H groups in total. The molecule has 1 rings (SSSR count). The lowest BCUT2D eigenvalue weighted by Crippen LogP contribution is -2.60. The van der Waals surface area contributed by atoms with Gasteiger partial charge in [-0.15, -0.1) is 0 Å². The summed E-state index contributed by atoms with van der Waals surface area (Å²) in [5, 5.41) is 31.0. The van der Waals surface area contributed by atoms with Gasteiger partial charge in [-0.05, 0) is 83.5 Å². The summed E-state index contributed by atoms with van der Waals surface area (Å²) >= 11 is 0. The van der Waals surface area contributed by atoms with E-state index in [0.717, 1.165) is 57.8 Å². The van der Waals surface area contributed by atoms with Crippen LogP contribution < -0.4 is 0 Å². The average Bonchev–Trinajstić information content (AvgIpc) is 3.28. The number of allylic oxidation sites excluding steroid dienone is 14. The Labute approximate surface area is 399 Å². The number of aliphatic hydroxyl groups is 3. The van der Waals surface area contributed by atoms with Crippen LogP contribution in [0.15, 0.2) is 85.1 Å². The molecule has 66 heavy (non-hydrogen) atoms. The van der Waals surface area contributed by atoms with Gasteiger partial charge in [-0.2, -0.15) is 8.42 Å². The van der Waals surface area contributed by atoms with Crippen LogP contribution in [-0.2, 0) is 38.7 Å². The molecule has 0 aromatic heterocycles. The molecular formula is C53H88O12S. The fourth-order valence-electron chi connectivity index (χ4n) is 7.04. The average molecular weight is 949 g/mol. The molecule has 1 aliphatic heterocycles. The Morgan fingerprint density at radius 1 is 0.515 bits per heavy atom. The van der Waals surface area contributed by atoms with E-state index in [1.807, 2.05) is 12.2 Å². The van der Waals surface area contributed by atoms with Gasteiger partial charge in [0.05, 0.1) is 6.61 Å². The number of aliphatic hydroxyl groups excluding tert-OH is 3. The molecule has 0 saturated carbocycles. The molecule has 0 aromatic carbocycles. The third-order valence-corrected chi connectivity index (χ3v) is 11.7. The molecule has 0 spiro atoms. The second-order valence-corrected chi connectivity index (χ2v) is 18.6. The van der Waals surface area contributed by atoms with Gasteiger partial charge < -0.3 is 34.3 Å². The van der Waals surface area contributed by atoms with E-state index in [4.69, 9.17) is 18.9 Å². The van der Waals surface area contributed by atoms with E-state index in [1.54, 1.807) is 0 Å². The topological polar surface area (TPSA) is 186 Å². The molecule has 2 unspecified atom stereocenters. The van der Waals surface area contributed by atoms with E-state index < -0.39 is 71.2 Å². The molecule has 0 aliphatic carbocycles. The largest absolute Gasteiger partial charge is 0.462 e. The lowest BCUT2D eigenvalue weighted by molar-refractivity contribution is -0.297. The number of rotatable bonds is 41. The Bertz CT molecular complexity index is 1530. The van der Waals surface area contributed by atoms with Crippen LogP contribution in [0, 0.1) is 0 Å². The molecule has 0 amide bonds. The minimum absolute atomic E-state index is 0.0359. The first-order chi connectivity index (χ1) is 32.0. The summed E-state index contributed by atoms with van der Waals surface area (Å²) in [6, 6.07) is 0. The maximum Gasteiger partial charge on any atom is 0.306 e. The summed E-state index contributed by atoms with van der Waals surface area (Å²) in [6.07, 6.45) is 46.3. The van der Waals surface area contributed by atoms with Crippen molar-refractivity contribution < 1.29 is 56.8 Å². The zero-order valence-corrected chi connectivity index (χ0v) is 41.3. The maximum atomic E-state index is 12.8. The minimum Gasteiger partial charge on any atom is -0.462 e. The molecule has 0 aromatic rings. The highest BCUT2D eigenvalue weighted by atomic mass is 32.2. The van der Waals surface area contributed by atoms with E-state index in [0.29, 0.717) is 19.3 Å². The van der Waals surface area contributed by atoms with Crippen molar-refractivity contribution in [1.29, 1.82) is 0 Å². The predicted octanol–water partition coefficient (Wildman–Crippen LogP) is 11.2. The highest BCUT2D eigenvalue weighted by Gasteiger charge is 2.46. The van der Waals surface area contributed by atoms with Crippen LogP contribution in [0.4, 0.5) is 0 Å². The first-order valence-electron chi connectivity index (χ1n) is 25.1. The zero-order valence-electron chi connectivity index (χ0n) is 40.5. The van der Waals surface area contributed by atoms with Gasteiger partial charge in [0.15, 0.2) is 12.4 Å². The van der Waals surface area contributed by atoms with E-state index in [9.17, 15) is 37.9 Å². The molecule has 1 fully saturated rings. The monoisotopic (exact) mass is 949 g/mol. The second kappa shape index (κ2) is 42.0. The number of esters is 2. The van der Waals surface area contributed by atoms with Gasteiger partial charge in [-0.1, -0.05) is 170 Å². The van der Waals surface area contributed by atoms with Crippen molar-refractivity contribution in [3.63, 3.8) is 0 Å². The summed E-state index contributed by atoms with van der Waals surface area (Å²) in [5.74, 6) is -2.10. The molecule has 13 heteroatoms. The van der Waals surface area contributed by atoms with Crippen LogP contribution in [0.5, 0.6) is 0 Å². The normalized spacial score (nSPS) is 20.1. The third-order valence-electron chi connectivity index (χ3n) is 11.0. The zero-order chi connectivity index (χ0) is 48.4. The van der Waals surface area contributed by atoms with Gasteiger partial charge in [-0.3, -0.25) is 14.1 Å². The first kappa shape index (κ1) is 60.8. The number of unbranched alkanes of at least 4 members (excludes halogenated alkanes) is 15. The molecule has 1 saturated heterocycles. The van der Waals surface area contributed by atoms with Crippen LogP contribution in [0.3, 0.4) is 0 Å². The predicted molar refractivity (Wildman–Crippen MR) is 265 cm³/mol. The van der Waals surface area contributed by atoms with Crippen molar-refractivity contribution in [3.05, 3.63) is 85.1 Å².